The molecule has 1 aromatic rings. The molecule has 3 nitrogen and oxygen atoms in total. The Bertz CT molecular complexity index is 390. The van der Waals surface area contributed by atoms with E-state index in [2.05, 4.69) is 24.4 Å². The SMILES string of the molecule is CCCNCC(OCCC1CC1)c1ccccc1OC. The Morgan fingerprint density at radius 1 is 1.30 bits per heavy atom. The molecule has 0 amide bonds. The van der Waals surface area contributed by atoms with Crippen molar-refractivity contribution in [3.05, 3.63) is 29.8 Å². The van der Waals surface area contributed by atoms with Crippen LogP contribution in [-0.4, -0.2) is 26.8 Å². The van der Waals surface area contributed by atoms with Crippen LogP contribution in [0.4, 0.5) is 0 Å². The number of methoxy groups -OCH3 is 1. The summed E-state index contributed by atoms with van der Waals surface area (Å²) in [4.78, 5) is 0. The molecule has 0 radical (unpaired) electrons. The first kappa shape index (κ1) is 15.3. The second-order valence-corrected chi connectivity index (χ2v) is 5.54. The molecule has 2 rings (SSSR count). The summed E-state index contributed by atoms with van der Waals surface area (Å²) >= 11 is 0. The van der Waals surface area contributed by atoms with Crippen LogP contribution in [0.1, 0.15) is 44.3 Å². The van der Waals surface area contributed by atoms with Crippen LogP contribution in [0.3, 0.4) is 0 Å². The molecule has 1 saturated carbocycles. The van der Waals surface area contributed by atoms with Crippen LogP contribution < -0.4 is 10.1 Å². The van der Waals surface area contributed by atoms with Gasteiger partial charge in [-0.15, -0.1) is 0 Å². The maximum absolute atomic E-state index is 6.13. The van der Waals surface area contributed by atoms with Crippen molar-refractivity contribution < 1.29 is 9.47 Å². The molecule has 3 heteroatoms. The summed E-state index contributed by atoms with van der Waals surface area (Å²) in [5, 5.41) is 3.46. The number of hydrogen-bond acceptors (Lipinski definition) is 3. The van der Waals surface area contributed by atoms with Crippen molar-refractivity contribution in [2.75, 3.05) is 26.8 Å². The summed E-state index contributed by atoms with van der Waals surface area (Å²) < 4.78 is 11.6. The van der Waals surface area contributed by atoms with E-state index in [9.17, 15) is 0 Å². The van der Waals surface area contributed by atoms with Gasteiger partial charge in [0.2, 0.25) is 0 Å². The van der Waals surface area contributed by atoms with Crippen LogP contribution in [0.2, 0.25) is 0 Å². The fourth-order valence-corrected chi connectivity index (χ4v) is 2.38. The van der Waals surface area contributed by atoms with Crippen LogP contribution in [0, 0.1) is 5.92 Å². The zero-order valence-corrected chi connectivity index (χ0v) is 12.7. The smallest absolute Gasteiger partial charge is 0.124 e. The van der Waals surface area contributed by atoms with Crippen molar-refractivity contribution in [2.24, 2.45) is 5.92 Å². The largest absolute Gasteiger partial charge is 0.496 e. The number of nitrogens with one attached hydrogen (secondary N) is 1. The van der Waals surface area contributed by atoms with Crippen LogP contribution >= 0.6 is 0 Å². The monoisotopic (exact) mass is 277 g/mol. The van der Waals surface area contributed by atoms with Gasteiger partial charge in [0.15, 0.2) is 0 Å². The molecule has 0 bridgehead atoms. The van der Waals surface area contributed by atoms with Crippen LogP contribution in [0.15, 0.2) is 24.3 Å². The van der Waals surface area contributed by atoms with Crippen molar-refractivity contribution in [3.63, 3.8) is 0 Å². The highest BCUT2D eigenvalue weighted by atomic mass is 16.5. The minimum absolute atomic E-state index is 0.0800. The third-order valence-electron chi connectivity index (χ3n) is 3.78. The van der Waals surface area contributed by atoms with Gasteiger partial charge < -0.3 is 14.8 Å². The van der Waals surface area contributed by atoms with Crippen molar-refractivity contribution in [1.29, 1.82) is 0 Å². The second-order valence-electron chi connectivity index (χ2n) is 5.54. The number of hydrogen-bond donors (Lipinski definition) is 1. The van der Waals surface area contributed by atoms with E-state index in [1.54, 1.807) is 7.11 Å². The average Bonchev–Trinajstić information content (AvgIpc) is 3.30. The van der Waals surface area contributed by atoms with Gasteiger partial charge in [-0.2, -0.15) is 0 Å². The molecule has 1 aliphatic rings. The molecule has 0 saturated heterocycles. The Hall–Kier alpha value is -1.06. The lowest BCUT2D eigenvalue weighted by atomic mass is 10.1. The van der Waals surface area contributed by atoms with Gasteiger partial charge in [0.05, 0.1) is 13.2 Å². The molecule has 1 fully saturated rings. The summed E-state index contributed by atoms with van der Waals surface area (Å²) in [6, 6.07) is 8.17. The Balaban J connectivity index is 1.94. The van der Waals surface area contributed by atoms with E-state index in [-0.39, 0.29) is 6.10 Å². The molecule has 20 heavy (non-hydrogen) atoms. The zero-order chi connectivity index (χ0) is 14.2. The number of ether oxygens (including phenoxy) is 2. The van der Waals surface area contributed by atoms with E-state index in [1.807, 2.05) is 12.1 Å². The second kappa shape index (κ2) is 8.28. The summed E-state index contributed by atoms with van der Waals surface area (Å²) in [5.74, 6) is 1.83. The van der Waals surface area contributed by atoms with E-state index < -0.39 is 0 Å². The first-order valence-corrected chi connectivity index (χ1v) is 7.80. The van der Waals surface area contributed by atoms with Crippen molar-refractivity contribution in [1.82, 2.24) is 5.32 Å². The highest BCUT2D eigenvalue weighted by Crippen LogP contribution is 2.33. The first-order chi connectivity index (χ1) is 9.85. The highest BCUT2D eigenvalue weighted by Gasteiger charge is 2.22. The van der Waals surface area contributed by atoms with E-state index in [4.69, 9.17) is 9.47 Å². The average molecular weight is 277 g/mol. The standard InChI is InChI=1S/C17H27NO2/c1-3-11-18-13-17(20-12-10-14-8-9-14)15-6-4-5-7-16(15)19-2/h4-7,14,17-18H,3,8-13H2,1-2H3. The quantitative estimate of drug-likeness (QED) is 0.663. The molecule has 1 N–H and O–H groups in total. The van der Waals surface area contributed by atoms with Crippen molar-refractivity contribution in [3.8, 4) is 5.75 Å². The first-order valence-electron chi connectivity index (χ1n) is 7.80. The topological polar surface area (TPSA) is 30.5 Å². The molecular formula is C17H27NO2. The highest BCUT2D eigenvalue weighted by molar-refractivity contribution is 5.35. The predicted molar refractivity (Wildman–Crippen MR) is 82.2 cm³/mol. The molecule has 0 aromatic heterocycles. The zero-order valence-electron chi connectivity index (χ0n) is 12.7. The normalized spacial score (nSPS) is 16.1. The summed E-state index contributed by atoms with van der Waals surface area (Å²) in [5.41, 5.74) is 1.15. The third kappa shape index (κ3) is 4.80. The summed E-state index contributed by atoms with van der Waals surface area (Å²) in [6.07, 6.45) is 5.18. The maximum Gasteiger partial charge on any atom is 0.124 e. The van der Waals surface area contributed by atoms with Crippen molar-refractivity contribution in [2.45, 2.75) is 38.7 Å². The van der Waals surface area contributed by atoms with Gasteiger partial charge >= 0.3 is 0 Å². The van der Waals surface area contributed by atoms with E-state index in [0.717, 1.165) is 43.3 Å². The number of benzene rings is 1. The minimum atomic E-state index is 0.0800. The Labute approximate surface area is 122 Å². The summed E-state index contributed by atoms with van der Waals surface area (Å²) in [6.45, 7) is 4.90. The lowest BCUT2D eigenvalue weighted by Gasteiger charge is -2.21. The molecule has 0 heterocycles. The molecular weight excluding hydrogens is 250 g/mol. The fraction of sp³-hybridized carbons (Fsp3) is 0.647. The number of rotatable bonds is 10. The van der Waals surface area contributed by atoms with Gasteiger partial charge in [0.25, 0.3) is 0 Å². The summed E-state index contributed by atoms with van der Waals surface area (Å²) in [7, 11) is 1.72. The predicted octanol–water partition coefficient (Wildman–Crippen LogP) is 3.55. The van der Waals surface area contributed by atoms with Gasteiger partial charge in [-0.25, -0.2) is 0 Å². The van der Waals surface area contributed by atoms with E-state index in [1.165, 1.54) is 19.3 Å². The van der Waals surface area contributed by atoms with Gasteiger partial charge in [0, 0.05) is 18.7 Å². The van der Waals surface area contributed by atoms with Crippen LogP contribution in [0.5, 0.6) is 5.75 Å². The Morgan fingerprint density at radius 2 is 2.10 bits per heavy atom. The van der Waals surface area contributed by atoms with Gasteiger partial charge in [0.1, 0.15) is 5.75 Å². The number of para-hydroxylation sites is 1. The lowest BCUT2D eigenvalue weighted by molar-refractivity contribution is 0.0471. The maximum atomic E-state index is 6.13. The molecule has 1 aromatic carbocycles. The van der Waals surface area contributed by atoms with Crippen LogP contribution in [0.25, 0.3) is 0 Å². The fourth-order valence-electron chi connectivity index (χ4n) is 2.38. The third-order valence-corrected chi connectivity index (χ3v) is 3.78. The van der Waals surface area contributed by atoms with Gasteiger partial charge in [-0.05, 0) is 31.4 Å². The van der Waals surface area contributed by atoms with Crippen LogP contribution in [-0.2, 0) is 4.74 Å². The molecule has 1 aliphatic carbocycles. The van der Waals surface area contributed by atoms with Crippen molar-refractivity contribution >= 4 is 0 Å². The molecule has 0 spiro atoms. The van der Waals surface area contributed by atoms with Gasteiger partial charge in [-0.1, -0.05) is 38.0 Å². The van der Waals surface area contributed by atoms with E-state index >= 15 is 0 Å². The minimum Gasteiger partial charge on any atom is -0.496 e. The Kier molecular flexibility index (Phi) is 6.34. The Morgan fingerprint density at radius 3 is 2.80 bits per heavy atom. The lowest BCUT2D eigenvalue weighted by Crippen LogP contribution is -2.24. The molecule has 112 valence electrons. The molecule has 1 atom stereocenters. The molecule has 0 aliphatic heterocycles. The molecule has 1 unspecified atom stereocenters. The van der Waals surface area contributed by atoms with Gasteiger partial charge in [-0.3, -0.25) is 0 Å². The van der Waals surface area contributed by atoms with E-state index in [0.29, 0.717) is 0 Å².